The fourth-order valence-corrected chi connectivity index (χ4v) is 10.5. The summed E-state index contributed by atoms with van der Waals surface area (Å²) in [6.07, 6.45) is 1.51. The Morgan fingerprint density at radius 3 is 2.28 bits per heavy atom. The highest BCUT2D eigenvalue weighted by Gasteiger charge is 2.45. The van der Waals surface area contributed by atoms with Gasteiger partial charge in [0.2, 0.25) is 17.7 Å². The van der Waals surface area contributed by atoms with Crippen LogP contribution in [-0.4, -0.2) is 119 Å². The lowest BCUT2D eigenvalue weighted by Gasteiger charge is -2.43. The first-order valence-corrected chi connectivity index (χ1v) is 25.5. The number of nitrogens with zero attached hydrogens (tertiary/aromatic N) is 3. The average molecular weight is 1000 g/mol. The topological polar surface area (TPSA) is 158 Å². The first-order valence-electron chi connectivity index (χ1n) is 24.6. The number of unbranched alkanes of at least 4 members (excludes halogenated alkanes) is 1. The molecule has 3 amide bonds. The van der Waals surface area contributed by atoms with E-state index in [2.05, 4.69) is 20.6 Å². The van der Waals surface area contributed by atoms with E-state index in [0.717, 1.165) is 38.2 Å². The standard InChI is InChI=1S/C54H69F3N6O7S/c1-32-24-40-39-14-9-10-15-43(39)60-47(40)48(63(32)30-54(7,8)57)46-41(55)26-38(27-42(46)56)70-23-13-22-68-20-11-12-21-69-29-45(65)61-50(53(4,5)6)52(67)62-28-37(64)25-44(62)51(66)59-33(2)35-16-18-36(19-17-35)49-34(3)58-31-71-49/h9-10,14-19,26-27,31-33,37,44,48,50,60,64H,11-13,20-25,28-30H2,1-8H3,(H,59,66)(H,61,65)/t32-,33+,37-,44+,48-,50-/m1/s1. The van der Waals surface area contributed by atoms with Gasteiger partial charge in [0, 0.05) is 86.1 Å². The van der Waals surface area contributed by atoms with Gasteiger partial charge in [-0.1, -0.05) is 63.2 Å². The lowest BCUT2D eigenvalue weighted by molar-refractivity contribution is -0.144. The highest BCUT2D eigenvalue weighted by molar-refractivity contribution is 7.13. The Hall–Kier alpha value is -5.33. The zero-order chi connectivity index (χ0) is 51.2. The number of fused-ring (bicyclic) bond motifs is 3. The molecule has 6 atom stereocenters. The van der Waals surface area contributed by atoms with Crippen molar-refractivity contribution in [1.82, 2.24) is 30.4 Å². The molecule has 2 aromatic heterocycles. The molecule has 13 nitrogen and oxygen atoms in total. The normalized spacial score (nSPS) is 19.4. The van der Waals surface area contributed by atoms with E-state index < -0.39 is 58.8 Å². The molecule has 0 spiro atoms. The lowest BCUT2D eigenvalue weighted by Crippen LogP contribution is -2.58. The van der Waals surface area contributed by atoms with Crippen molar-refractivity contribution in [2.24, 2.45) is 5.41 Å². The highest BCUT2D eigenvalue weighted by Crippen LogP contribution is 2.44. The monoisotopic (exact) mass is 1000 g/mol. The first-order chi connectivity index (χ1) is 33.7. The second-order valence-electron chi connectivity index (χ2n) is 20.7. The molecule has 0 saturated carbocycles. The van der Waals surface area contributed by atoms with Crippen molar-refractivity contribution in [1.29, 1.82) is 0 Å². The molecule has 384 valence electrons. The Bertz CT molecular complexity index is 2600. The Kier molecular flexibility index (Phi) is 17.4. The van der Waals surface area contributed by atoms with E-state index >= 15 is 13.2 Å². The van der Waals surface area contributed by atoms with Crippen molar-refractivity contribution >= 4 is 40.0 Å². The van der Waals surface area contributed by atoms with Gasteiger partial charge in [-0.05, 0) is 82.1 Å². The third-order valence-corrected chi connectivity index (χ3v) is 14.2. The number of H-pyrrole nitrogens is 1. The quantitative estimate of drug-likeness (QED) is 0.0527. The van der Waals surface area contributed by atoms with Gasteiger partial charge in [-0.2, -0.15) is 0 Å². The number of carbonyl (C=O) groups is 3. The van der Waals surface area contributed by atoms with Crippen LogP contribution in [0.2, 0.25) is 0 Å². The number of aryl methyl sites for hydroxylation is 1. The van der Waals surface area contributed by atoms with E-state index in [1.807, 2.05) is 100 Å². The molecule has 2 aliphatic heterocycles. The van der Waals surface area contributed by atoms with E-state index in [1.165, 1.54) is 30.9 Å². The van der Waals surface area contributed by atoms with Crippen LogP contribution in [0.5, 0.6) is 5.75 Å². The maximum absolute atomic E-state index is 16.0. The number of β-amino-alcohol motifs (C(OH)–C–C–N with tert-alkyl or cyclic N) is 1. The number of ether oxygens (including phenoxy) is 3. The summed E-state index contributed by atoms with van der Waals surface area (Å²) in [4.78, 5) is 52.8. The Morgan fingerprint density at radius 2 is 1.62 bits per heavy atom. The first kappa shape index (κ1) is 53.5. The van der Waals surface area contributed by atoms with Gasteiger partial charge in [-0.3, -0.25) is 19.3 Å². The minimum atomic E-state index is -1.60. The number of thiazole rings is 1. The Morgan fingerprint density at radius 1 is 0.944 bits per heavy atom. The van der Waals surface area contributed by atoms with Gasteiger partial charge in [0.1, 0.15) is 41.7 Å². The molecule has 7 rings (SSSR count). The van der Waals surface area contributed by atoms with Crippen LogP contribution < -0.4 is 15.4 Å². The summed E-state index contributed by atoms with van der Waals surface area (Å²) < 4.78 is 64.3. The van der Waals surface area contributed by atoms with Gasteiger partial charge in [-0.25, -0.2) is 18.2 Å². The van der Waals surface area contributed by atoms with E-state index in [0.29, 0.717) is 44.6 Å². The van der Waals surface area contributed by atoms with E-state index in [4.69, 9.17) is 14.2 Å². The van der Waals surface area contributed by atoms with Gasteiger partial charge >= 0.3 is 0 Å². The minimum Gasteiger partial charge on any atom is -0.493 e. The molecule has 0 bridgehead atoms. The number of halogens is 3. The van der Waals surface area contributed by atoms with Crippen LogP contribution in [0.15, 0.2) is 66.2 Å². The Labute approximate surface area is 418 Å². The molecule has 3 aromatic carbocycles. The summed E-state index contributed by atoms with van der Waals surface area (Å²) in [6.45, 7) is 15.1. The zero-order valence-electron chi connectivity index (χ0n) is 42.1. The third kappa shape index (κ3) is 13.2. The minimum absolute atomic E-state index is 0.0127. The fourth-order valence-electron chi connectivity index (χ4n) is 9.65. The SMILES string of the molecule is Cc1ncsc1-c1ccc([C@H](C)NC(=O)[C@@H]2C[C@@H](O)CN2C(=O)[C@@H](NC(=O)COCCCCOCCCOc2cc(F)c([C@@H]3c4[nH]c5ccccc5c4C[C@@H](C)N3CC(C)(C)F)c(F)c2)C(C)(C)C)cc1. The number of aliphatic hydroxyl groups is 1. The molecule has 1 saturated heterocycles. The van der Waals surface area contributed by atoms with Crippen molar-refractivity contribution in [2.75, 3.05) is 46.1 Å². The van der Waals surface area contributed by atoms with Crippen LogP contribution >= 0.6 is 11.3 Å². The van der Waals surface area contributed by atoms with E-state index in [9.17, 15) is 19.5 Å². The van der Waals surface area contributed by atoms with Gasteiger partial charge < -0.3 is 39.8 Å². The molecule has 5 aromatic rings. The maximum atomic E-state index is 16.0. The zero-order valence-corrected chi connectivity index (χ0v) is 42.9. The number of carbonyl (C=O) groups excluding carboxylic acids is 3. The molecule has 1 fully saturated rings. The molecule has 71 heavy (non-hydrogen) atoms. The van der Waals surface area contributed by atoms with Crippen molar-refractivity contribution in [3.8, 4) is 16.2 Å². The molecule has 0 aliphatic carbocycles. The van der Waals surface area contributed by atoms with E-state index in [-0.39, 0.29) is 68.6 Å². The van der Waals surface area contributed by atoms with Crippen LogP contribution in [-0.2, 0) is 30.3 Å². The number of nitrogens with one attached hydrogen (secondary N) is 3. The molecule has 0 unspecified atom stereocenters. The van der Waals surface area contributed by atoms with Crippen molar-refractivity contribution < 1.29 is 46.9 Å². The van der Waals surface area contributed by atoms with Crippen LogP contribution in [0.25, 0.3) is 21.3 Å². The van der Waals surface area contributed by atoms with Crippen LogP contribution in [0.3, 0.4) is 0 Å². The summed E-state index contributed by atoms with van der Waals surface area (Å²) in [5.74, 6) is -2.81. The van der Waals surface area contributed by atoms with Crippen LogP contribution in [0, 0.1) is 24.0 Å². The number of rotatable bonds is 21. The summed E-state index contributed by atoms with van der Waals surface area (Å²) in [5, 5.41) is 17.4. The molecule has 0 radical (unpaired) electrons. The van der Waals surface area contributed by atoms with E-state index in [1.54, 1.807) is 11.3 Å². The number of aromatic amines is 1. The third-order valence-electron chi connectivity index (χ3n) is 13.2. The molecular formula is C54H69F3N6O7S. The number of hydrogen-bond donors (Lipinski definition) is 4. The van der Waals surface area contributed by atoms with Crippen molar-refractivity contribution in [3.05, 3.63) is 106 Å². The second-order valence-corrected chi connectivity index (χ2v) is 21.5. The Balaban J connectivity index is 0.815. The predicted molar refractivity (Wildman–Crippen MR) is 269 cm³/mol. The van der Waals surface area contributed by atoms with Crippen molar-refractivity contribution in [3.63, 3.8) is 0 Å². The number of hydrogen-bond acceptors (Lipinski definition) is 10. The fraction of sp³-hybridized carbons (Fsp3) is 0.519. The summed E-state index contributed by atoms with van der Waals surface area (Å²) in [6, 6.07) is 14.7. The van der Waals surface area contributed by atoms with Gasteiger partial charge in [-0.15, -0.1) is 11.3 Å². The number of aliphatic hydroxyl groups excluding tert-OH is 1. The molecule has 17 heteroatoms. The number of para-hydroxylation sites is 1. The summed E-state index contributed by atoms with van der Waals surface area (Å²) >= 11 is 1.56. The summed E-state index contributed by atoms with van der Waals surface area (Å²) in [5.41, 5.74) is 4.72. The van der Waals surface area contributed by atoms with Crippen LogP contribution in [0.4, 0.5) is 13.2 Å². The van der Waals surface area contributed by atoms with Gasteiger partial charge in [0.15, 0.2) is 0 Å². The average Bonchev–Trinajstić information content (AvgIpc) is 4.03. The highest BCUT2D eigenvalue weighted by atomic mass is 32.1. The number of amides is 3. The van der Waals surface area contributed by atoms with Gasteiger partial charge in [0.05, 0.1) is 40.9 Å². The number of alkyl halides is 1. The largest absolute Gasteiger partial charge is 0.493 e. The number of aromatic nitrogens is 2. The molecular weight excluding hydrogens is 934 g/mol. The summed E-state index contributed by atoms with van der Waals surface area (Å²) in [7, 11) is 0. The maximum Gasteiger partial charge on any atom is 0.246 e. The molecule has 4 N–H and O–H groups in total. The smallest absolute Gasteiger partial charge is 0.246 e. The number of likely N-dealkylation sites (tertiary alicyclic amines) is 1. The van der Waals surface area contributed by atoms with Crippen molar-refractivity contribution in [2.45, 2.75) is 129 Å². The number of benzene rings is 3. The second kappa shape index (κ2) is 23.0. The molecule has 4 heterocycles. The predicted octanol–water partition coefficient (Wildman–Crippen LogP) is 8.91. The lowest BCUT2D eigenvalue weighted by atomic mass is 9.85. The van der Waals surface area contributed by atoms with Crippen LogP contribution in [0.1, 0.15) is 114 Å². The van der Waals surface area contributed by atoms with Gasteiger partial charge in [0.25, 0.3) is 0 Å². The molecule has 2 aliphatic rings.